The van der Waals surface area contributed by atoms with E-state index in [1.807, 2.05) is 6.08 Å². The van der Waals surface area contributed by atoms with E-state index in [1.54, 1.807) is 6.08 Å². The molecule has 1 rings (SSSR count). The van der Waals surface area contributed by atoms with Gasteiger partial charge in [-0.2, -0.15) is 0 Å². The van der Waals surface area contributed by atoms with Crippen LogP contribution in [0.3, 0.4) is 0 Å². The van der Waals surface area contributed by atoms with Crippen LogP contribution in [0.25, 0.3) is 0 Å². The molecule has 0 saturated heterocycles. The van der Waals surface area contributed by atoms with Crippen molar-refractivity contribution >= 4 is 11.9 Å². The van der Waals surface area contributed by atoms with E-state index in [4.69, 9.17) is 4.74 Å². The first-order valence-electron chi connectivity index (χ1n) is 14.2. The van der Waals surface area contributed by atoms with Gasteiger partial charge >= 0.3 is 11.9 Å². The molecule has 1 aliphatic rings. The molecule has 0 heterocycles. The molecule has 4 heteroatoms. The van der Waals surface area contributed by atoms with Crippen molar-refractivity contribution in [2.24, 2.45) is 11.8 Å². The Kier molecular flexibility index (Phi) is 18.1. The molecule has 2 unspecified atom stereocenters. The van der Waals surface area contributed by atoms with Gasteiger partial charge in [-0.05, 0) is 38.5 Å². The summed E-state index contributed by atoms with van der Waals surface area (Å²) in [6.45, 7) is 4.49. The Morgan fingerprint density at radius 1 is 0.788 bits per heavy atom. The minimum absolute atomic E-state index is 0.0672. The number of carbonyl (C=O) groups excluding carboxylic acids is 1. The van der Waals surface area contributed by atoms with Gasteiger partial charge in [0, 0.05) is 0 Å². The molecule has 0 fully saturated rings. The second-order valence-electron chi connectivity index (χ2n) is 10.1. The third-order valence-corrected chi connectivity index (χ3v) is 7.05. The molecule has 2 atom stereocenters. The minimum Gasteiger partial charge on any atom is -0.481 e. The molecule has 0 spiro atoms. The highest BCUT2D eigenvalue weighted by atomic mass is 16.5. The summed E-state index contributed by atoms with van der Waals surface area (Å²) >= 11 is 0. The fourth-order valence-electron chi connectivity index (χ4n) is 4.87. The molecular weight excluding hydrogens is 412 g/mol. The van der Waals surface area contributed by atoms with Gasteiger partial charge in [-0.1, -0.05) is 116 Å². The van der Waals surface area contributed by atoms with Crippen LogP contribution in [0.2, 0.25) is 0 Å². The van der Waals surface area contributed by atoms with Gasteiger partial charge in [-0.3, -0.25) is 9.59 Å². The smallest absolute Gasteiger partial charge is 0.313 e. The Bertz CT molecular complexity index is 508. The average molecular weight is 465 g/mol. The molecule has 0 aliphatic heterocycles. The summed E-state index contributed by atoms with van der Waals surface area (Å²) < 4.78 is 5.94. The predicted molar refractivity (Wildman–Crippen MR) is 137 cm³/mol. The van der Waals surface area contributed by atoms with E-state index in [0.29, 0.717) is 6.42 Å². The monoisotopic (exact) mass is 464 g/mol. The van der Waals surface area contributed by atoms with Gasteiger partial charge in [0.2, 0.25) is 0 Å². The van der Waals surface area contributed by atoms with Crippen LogP contribution in [0.5, 0.6) is 0 Å². The Labute approximate surface area is 203 Å². The van der Waals surface area contributed by atoms with Crippen molar-refractivity contribution in [1.82, 2.24) is 0 Å². The lowest BCUT2D eigenvalue weighted by Gasteiger charge is -2.26. The van der Waals surface area contributed by atoms with E-state index in [9.17, 15) is 14.7 Å². The van der Waals surface area contributed by atoms with Crippen molar-refractivity contribution in [3.63, 3.8) is 0 Å². The lowest BCUT2D eigenvalue weighted by Crippen LogP contribution is -2.33. The molecule has 0 bridgehead atoms. The fraction of sp³-hybridized carbons (Fsp3) is 0.862. The largest absolute Gasteiger partial charge is 0.481 e. The highest BCUT2D eigenvalue weighted by Crippen LogP contribution is 2.28. The summed E-state index contributed by atoms with van der Waals surface area (Å²) in [4.78, 5) is 24.4. The van der Waals surface area contributed by atoms with Gasteiger partial charge < -0.3 is 9.84 Å². The first-order chi connectivity index (χ1) is 16.1. The molecule has 0 amide bonds. The second-order valence-corrected chi connectivity index (χ2v) is 10.1. The normalized spacial score (nSPS) is 18.0. The third-order valence-electron chi connectivity index (χ3n) is 7.05. The molecule has 1 N–H and O–H groups in total. The number of allylic oxidation sites excluding steroid dienone is 1. The van der Waals surface area contributed by atoms with E-state index in [0.717, 1.165) is 32.1 Å². The number of esters is 1. The second kappa shape index (κ2) is 20.1. The van der Waals surface area contributed by atoms with Crippen molar-refractivity contribution < 1.29 is 19.4 Å². The van der Waals surface area contributed by atoms with Crippen LogP contribution in [0.4, 0.5) is 0 Å². The molecule has 0 aromatic rings. The van der Waals surface area contributed by atoms with Gasteiger partial charge in [0.25, 0.3) is 0 Å². The summed E-state index contributed by atoms with van der Waals surface area (Å²) in [5.41, 5.74) is 0. The van der Waals surface area contributed by atoms with E-state index in [2.05, 4.69) is 13.8 Å². The van der Waals surface area contributed by atoms with Crippen molar-refractivity contribution in [3.8, 4) is 0 Å². The van der Waals surface area contributed by atoms with Crippen LogP contribution in [-0.2, 0) is 14.3 Å². The summed E-state index contributed by atoms with van der Waals surface area (Å²) in [7, 11) is 0. The Morgan fingerprint density at radius 3 is 1.70 bits per heavy atom. The number of hydrogen-bond donors (Lipinski definition) is 1. The maximum atomic E-state index is 12.9. The van der Waals surface area contributed by atoms with E-state index < -0.39 is 17.8 Å². The Morgan fingerprint density at radius 2 is 1.24 bits per heavy atom. The number of carbonyl (C=O) groups is 2. The summed E-state index contributed by atoms with van der Waals surface area (Å²) in [5.74, 6) is -2.49. The topological polar surface area (TPSA) is 63.6 Å². The molecule has 0 radical (unpaired) electrons. The first kappa shape index (κ1) is 29.7. The van der Waals surface area contributed by atoms with Crippen LogP contribution in [0.15, 0.2) is 12.2 Å². The first-order valence-corrected chi connectivity index (χ1v) is 14.2. The molecule has 1 aliphatic carbocycles. The number of carboxylic acid groups (broad SMARTS) is 1. The molecule has 4 nitrogen and oxygen atoms in total. The average Bonchev–Trinajstić information content (AvgIpc) is 2.82. The van der Waals surface area contributed by atoms with Crippen LogP contribution < -0.4 is 0 Å². The van der Waals surface area contributed by atoms with Gasteiger partial charge in [-0.15, -0.1) is 0 Å². The van der Waals surface area contributed by atoms with Crippen molar-refractivity contribution in [1.29, 1.82) is 0 Å². The van der Waals surface area contributed by atoms with Crippen LogP contribution >= 0.6 is 0 Å². The number of carboxylic acids is 1. The fourth-order valence-corrected chi connectivity index (χ4v) is 4.87. The van der Waals surface area contributed by atoms with Crippen LogP contribution in [-0.4, -0.2) is 23.1 Å². The van der Waals surface area contributed by atoms with Crippen LogP contribution in [0, 0.1) is 11.8 Å². The Balaban J connectivity index is 2.42. The maximum absolute atomic E-state index is 12.9. The lowest BCUT2D eigenvalue weighted by molar-refractivity contribution is -0.160. The highest BCUT2D eigenvalue weighted by Gasteiger charge is 2.35. The zero-order chi connectivity index (χ0) is 24.2. The number of ether oxygens (including phenoxy) is 1. The Hall–Kier alpha value is -1.32. The standard InChI is InChI=1S/C29H52O4/c1-3-5-7-9-11-13-15-17-21-25(22-18-16-14-12-10-8-6-4-2)33-29(32)27-24-20-19-23-26(27)28(30)31/h20,24-27H,3-19,21-23H2,1-2H3,(H,30,31). The van der Waals surface area contributed by atoms with E-state index in [-0.39, 0.29) is 12.1 Å². The molecule has 192 valence electrons. The molecule has 0 aromatic heterocycles. The van der Waals surface area contributed by atoms with Crippen LogP contribution in [0.1, 0.15) is 142 Å². The minimum atomic E-state index is -0.885. The van der Waals surface area contributed by atoms with Crippen molar-refractivity contribution in [2.75, 3.05) is 0 Å². The van der Waals surface area contributed by atoms with Crippen molar-refractivity contribution in [3.05, 3.63) is 12.2 Å². The quantitative estimate of drug-likeness (QED) is 0.105. The number of rotatable bonds is 21. The van der Waals surface area contributed by atoms with Gasteiger partial charge in [0.15, 0.2) is 0 Å². The number of unbranched alkanes of at least 4 members (excludes halogenated alkanes) is 14. The SMILES string of the molecule is CCCCCCCCCCC(CCCCCCCCCC)OC(=O)C1C=CCCC1C(=O)O. The van der Waals surface area contributed by atoms with Gasteiger partial charge in [0.05, 0.1) is 11.8 Å². The number of hydrogen-bond acceptors (Lipinski definition) is 3. The molecule has 0 aromatic carbocycles. The van der Waals surface area contributed by atoms with Gasteiger partial charge in [0.1, 0.15) is 6.10 Å². The zero-order valence-electron chi connectivity index (χ0n) is 21.7. The predicted octanol–water partition coefficient (Wildman–Crippen LogP) is 8.63. The van der Waals surface area contributed by atoms with Crippen molar-refractivity contribution in [2.45, 2.75) is 148 Å². The summed E-state index contributed by atoms with van der Waals surface area (Å²) in [6, 6.07) is 0. The molecular formula is C29H52O4. The number of aliphatic carboxylic acids is 1. The highest BCUT2D eigenvalue weighted by molar-refractivity contribution is 5.83. The van der Waals surface area contributed by atoms with E-state index >= 15 is 0 Å². The van der Waals surface area contributed by atoms with E-state index in [1.165, 1.54) is 89.9 Å². The summed E-state index contributed by atoms with van der Waals surface area (Å²) in [6.07, 6.45) is 26.9. The molecule has 0 saturated carbocycles. The molecule has 33 heavy (non-hydrogen) atoms. The summed E-state index contributed by atoms with van der Waals surface area (Å²) in [5, 5.41) is 9.51. The maximum Gasteiger partial charge on any atom is 0.313 e. The lowest BCUT2D eigenvalue weighted by atomic mass is 9.84. The zero-order valence-corrected chi connectivity index (χ0v) is 21.7. The van der Waals surface area contributed by atoms with Gasteiger partial charge in [-0.25, -0.2) is 0 Å². The third kappa shape index (κ3) is 14.5.